The molecule has 130 valence electrons. The monoisotopic (exact) mass is 328 g/mol. The first-order chi connectivity index (χ1) is 10.0. The Bertz CT molecular complexity index is 354. The topological polar surface area (TPSA) is 96.0 Å². The van der Waals surface area contributed by atoms with Crippen molar-refractivity contribution in [2.75, 3.05) is 21.3 Å². The van der Waals surface area contributed by atoms with Gasteiger partial charge in [-0.3, -0.25) is 14.4 Å². The summed E-state index contributed by atoms with van der Waals surface area (Å²) in [6, 6.07) is 0. The average Bonchev–Trinajstić information content (AvgIpc) is 2.46. The highest BCUT2D eigenvalue weighted by molar-refractivity contribution is 5.97. The van der Waals surface area contributed by atoms with E-state index in [1.807, 2.05) is 0 Å². The van der Waals surface area contributed by atoms with E-state index in [2.05, 4.69) is 14.2 Å². The molecule has 7 nitrogen and oxygen atoms in total. The zero-order valence-electron chi connectivity index (χ0n) is 13.5. The Morgan fingerprint density at radius 2 is 1.27 bits per heavy atom. The Labute approximate surface area is 127 Å². The summed E-state index contributed by atoms with van der Waals surface area (Å²) in [5, 5.41) is 0. The van der Waals surface area contributed by atoms with E-state index < -0.39 is 36.5 Å². The normalized spacial score (nSPS) is 11.3. The average molecular weight is 328 g/mol. The molecule has 0 spiro atoms. The fraction of sp³-hybridized carbons (Fsp3) is 0.692. The van der Waals surface area contributed by atoms with Gasteiger partial charge in [0.1, 0.15) is 6.42 Å². The van der Waals surface area contributed by atoms with Crippen molar-refractivity contribution in [3.05, 3.63) is 0 Å². The maximum absolute atomic E-state index is 12.0. The van der Waals surface area contributed by atoms with E-state index in [4.69, 9.17) is 0 Å². The van der Waals surface area contributed by atoms with Gasteiger partial charge in [0.05, 0.1) is 21.3 Å². The van der Waals surface area contributed by atoms with E-state index in [1.54, 1.807) is 0 Å². The highest BCUT2D eigenvalue weighted by Gasteiger charge is 2.15. The number of carbonyl (C=O) groups is 4. The number of hydrogen-bond acceptors (Lipinski definition) is 7. The number of ether oxygens (including phenoxy) is 3. The van der Waals surface area contributed by atoms with Gasteiger partial charge >= 0.3 is 17.9 Å². The van der Waals surface area contributed by atoms with Gasteiger partial charge in [-0.1, -0.05) is 0 Å². The minimum Gasteiger partial charge on any atom is -0.469 e. The van der Waals surface area contributed by atoms with Crippen molar-refractivity contribution in [3.63, 3.8) is 0 Å². The molecule has 0 N–H and O–H groups in total. The summed E-state index contributed by atoms with van der Waals surface area (Å²) >= 11 is 0. The fourth-order valence-electron chi connectivity index (χ4n) is 0.517. The SMILES string of the molecule is COC(=O)C(C)F.COC(=O)CC(=O)C(C)F.COC(C)=O. The lowest BCUT2D eigenvalue weighted by molar-refractivity contribution is -0.146. The van der Waals surface area contributed by atoms with Crippen molar-refractivity contribution in [1.29, 1.82) is 0 Å². The van der Waals surface area contributed by atoms with Crippen molar-refractivity contribution in [2.24, 2.45) is 0 Å². The molecule has 0 heterocycles. The zero-order valence-corrected chi connectivity index (χ0v) is 13.5. The summed E-state index contributed by atoms with van der Waals surface area (Å²) in [4.78, 5) is 40.3. The number of carbonyl (C=O) groups excluding carboxylic acids is 4. The maximum Gasteiger partial charge on any atom is 0.340 e. The van der Waals surface area contributed by atoms with Crippen LogP contribution in [-0.2, 0) is 33.4 Å². The van der Waals surface area contributed by atoms with Crippen molar-refractivity contribution in [2.45, 2.75) is 39.5 Å². The molecule has 0 fully saturated rings. The van der Waals surface area contributed by atoms with Crippen LogP contribution < -0.4 is 0 Å². The summed E-state index contributed by atoms with van der Waals surface area (Å²) < 4.78 is 35.9. The van der Waals surface area contributed by atoms with E-state index in [0.717, 1.165) is 28.1 Å². The number of Topliss-reactive ketones (excluding diaryl/α,β-unsaturated/α-hetero) is 1. The number of halogens is 2. The fourth-order valence-corrected chi connectivity index (χ4v) is 0.517. The Kier molecular flexibility index (Phi) is 17.4. The molecule has 0 saturated heterocycles. The number of methoxy groups -OCH3 is 3. The van der Waals surface area contributed by atoms with Crippen LogP contribution in [0.15, 0.2) is 0 Å². The van der Waals surface area contributed by atoms with Crippen molar-refractivity contribution < 1.29 is 42.2 Å². The predicted octanol–water partition coefficient (Wildman–Crippen LogP) is 1.17. The van der Waals surface area contributed by atoms with Crippen LogP contribution in [0.1, 0.15) is 27.2 Å². The second-order valence-corrected chi connectivity index (χ2v) is 3.67. The Balaban J connectivity index is -0.000000263. The molecule has 0 bridgehead atoms. The van der Waals surface area contributed by atoms with Crippen LogP contribution in [0, 0.1) is 0 Å². The van der Waals surface area contributed by atoms with E-state index >= 15 is 0 Å². The maximum atomic E-state index is 12.0. The summed E-state index contributed by atoms with van der Waals surface area (Å²) in [6.45, 7) is 3.58. The molecule has 0 aliphatic rings. The van der Waals surface area contributed by atoms with Gasteiger partial charge in [-0.05, 0) is 13.8 Å². The number of rotatable bonds is 4. The second-order valence-electron chi connectivity index (χ2n) is 3.67. The van der Waals surface area contributed by atoms with Crippen molar-refractivity contribution in [3.8, 4) is 0 Å². The minimum atomic E-state index is -1.58. The second kappa shape index (κ2) is 15.3. The first-order valence-electron chi connectivity index (χ1n) is 6.03. The molecule has 0 aromatic heterocycles. The van der Waals surface area contributed by atoms with Crippen LogP contribution in [0.4, 0.5) is 8.78 Å². The van der Waals surface area contributed by atoms with Gasteiger partial charge in [-0.2, -0.15) is 0 Å². The molecule has 0 aromatic carbocycles. The van der Waals surface area contributed by atoms with Crippen LogP contribution in [0.2, 0.25) is 0 Å². The number of esters is 3. The number of alkyl halides is 2. The Hall–Kier alpha value is -2.06. The molecule has 0 aliphatic carbocycles. The standard InChI is InChI=1S/C6H9FO3.C4H7FO2.C3H6O2/c1-4(7)5(8)3-6(9)10-2;1-3(5)4(6)7-2;1-3(4)5-2/h4H,3H2,1-2H3;3H,1-2H3;1-2H3. The molecule has 0 radical (unpaired) electrons. The largest absolute Gasteiger partial charge is 0.469 e. The summed E-state index contributed by atoms with van der Waals surface area (Å²) in [5.74, 6) is -2.51. The number of ketones is 1. The van der Waals surface area contributed by atoms with Gasteiger partial charge < -0.3 is 14.2 Å². The third-order valence-electron chi connectivity index (χ3n) is 1.80. The molecule has 2 atom stereocenters. The summed E-state index contributed by atoms with van der Waals surface area (Å²) in [5.41, 5.74) is 0. The predicted molar refractivity (Wildman–Crippen MR) is 72.5 cm³/mol. The molecule has 0 rings (SSSR count). The molecule has 2 unspecified atom stereocenters. The van der Waals surface area contributed by atoms with Crippen molar-refractivity contribution in [1.82, 2.24) is 0 Å². The highest BCUT2D eigenvalue weighted by Crippen LogP contribution is 1.96. The molecule has 0 saturated carbocycles. The molecular formula is C13H22F2O7. The van der Waals surface area contributed by atoms with Crippen LogP contribution >= 0.6 is 0 Å². The quantitative estimate of drug-likeness (QED) is 0.434. The Morgan fingerprint density at radius 1 is 0.864 bits per heavy atom. The van der Waals surface area contributed by atoms with Gasteiger partial charge in [0.15, 0.2) is 18.1 Å². The zero-order chi connectivity index (χ0) is 18.3. The molecular weight excluding hydrogens is 306 g/mol. The van der Waals surface area contributed by atoms with Gasteiger partial charge in [0.2, 0.25) is 0 Å². The third-order valence-corrected chi connectivity index (χ3v) is 1.80. The molecule has 9 heteroatoms. The lowest BCUT2D eigenvalue weighted by Crippen LogP contribution is -2.16. The first kappa shape index (κ1) is 24.9. The minimum absolute atomic E-state index is 0.245. The lowest BCUT2D eigenvalue weighted by atomic mass is 10.2. The smallest absolute Gasteiger partial charge is 0.340 e. The molecule has 0 aliphatic heterocycles. The summed E-state index contributed by atoms with van der Waals surface area (Å²) in [7, 11) is 3.65. The van der Waals surface area contributed by atoms with Gasteiger partial charge in [-0.25, -0.2) is 13.6 Å². The van der Waals surface area contributed by atoms with Crippen LogP contribution in [0.25, 0.3) is 0 Å². The molecule has 22 heavy (non-hydrogen) atoms. The van der Waals surface area contributed by atoms with Gasteiger partial charge in [0.25, 0.3) is 0 Å². The first-order valence-corrected chi connectivity index (χ1v) is 6.03. The van der Waals surface area contributed by atoms with E-state index in [0.29, 0.717) is 0 Å². The van der Waals surface area contributed by atoms with Crippen molar-refractivity contribution >= 4 is 23.7 Å². The molecule has 0 aromatic rings. The lowest BCUT2D eigenvalue weighted by Gasteiger charge is -1.98. The van der Waals surface area contributed by atoms with Crippen LogP contribution in [0.5, 0.6) is 0 Å². The van der Waals surface area contributed by atoms with Crippen LogP contribution in [-0.4, -0.2) is 57.4 Å². The van der Waals surface area contributed by atoms with Gasteiger partial charge in [0, 0.05) is 6.92 Å². The Morgan fingerprint density at radius 3 is 1.41 bits per heavy atom. The van der Waals surface area contributed by atoms with Gasteiger partial charge in [-0.15, -0.1) is 0 Å². The van der Waals surface area contributed by atoms with Crippen LogP contribution in [0.3, 0.4) is 0 Å². The van der Waals surface area contributed by atoms with E-state index in [1.165, 1.54) is 14.0 Å². The molecule has 0 amide bonds. The number of hydrogen-bond donors (Lipinski definition) is 0. The highest BCUT2D eigenvalue weighted by atomic mass is 19.1. The summed E-state index contributed by atoms with van der Waals surface area (Å²) in [6.07, 6.45) is -3.56. The van der Waals surface area contributed by atoms with E-state index in [9.17, 15) is 28.0 Å². The third kappa shape index (κ3) is 20.3. The van der Waals surface area contributed by atoms with E-state index in [-0.39, 0.29) is 5.97 Å².